The van der Waals surface area contributed by atoms with Gasteiger partial charge in [0.05, 0.1) is 21.5 Å². The molecule has 1 aliphatic rings. The monoisotopic (exact) mass is 486 g/mol. The maximum atomic E-state index is 13.3. The van der Waals surface area contributed by atoms with Crippen molar-refractivity contribution < 1.29 is 13.2 Å². The molecule has 0 saturated carbocycles. The Hall–Kier alpha value is -4.00. The van der Waals surface area contributed by atoms with Crippen LogP contribution in [0.1, 0.15) is 5.56 Å². The van der Waals surface area contributed by atoms with Crippen LogP contribution in [0.4, 0.5) is 0 Å². The van der Waals surface area contributed by atoms with E-state index in [1.54, 1.807) is 41.3 Å². The molecule has 176 valence electrons. The molecular formula is C26H22N4O4S. The van der Waals surface area contributed by atoms with Gasteiger partial charge in [-0.3, -0.25) is 9.59 Å². The summed E-state index contributed by atoms with van der Waals surface area (Å²) in [6.07, 6.45) is 0. The molecule has 0 aliphatic carbocycles. The standard InChI is InChI=1S/C26H22N4O4S/c27-17-19-7-1-6-12-24(19)35(33,34)29-15-13-28(14-16-29)25(31)18-30-22-10-4-2-8-20(22)26(32)21-9-3-5-11-23(21)30/h1-12H,13-16,18H2. The first-order valence-corrected chi connectivity index (χ1v) is 12.6. The molecule has 0 unspecified atom stereocenters. The van der Waals surface area contributed by atoms with Gasteiger partial charge in [0.25, 0.3) is 0 Å². The lowest BCUT2D eigenvalue weighted by Crippen LogP contribution is -2.51. The van der Waals surface area contributed by atoms with E-state index in [9.17, 15) is 23.3 Å². The number of amides is 1. The predicted molar refractivity (Wildman–Crippen MR) is 132 cm³/mol. The highest BCUT2D eigenvalue weighted by Crippen LogP contribution is 2.22. The van der Waals surface area contributed by atoms with Crippen molar-refractivity contribution in [3.05, 3.63) is 88.6 Å². The molecule has 0 spiro atoms. The summed E-state index contributed by atoms with van der Waals surface area (Å²) in [6.45, 7) is 0.788. The van der Waals surface area contributed by atoms with Crippen molar-refractivity contribution in [2.75, 3.05) is 26.2 Å². The van der Waals surface area contributed by atoms with Crippen molar-refractivity contribution in [2.24, 2.45) is 0 Å². The third-order valence-corrected chi connectivity index (χ3v) is 8.35. The van der Waals surface area contributed by atoms with Gasteiger partial charge in [0.15, 0.2) is 5.43 Å². The summed E-state index contributed by atoms with van der Waals surface area (Å²) in [4.78, 5) is 27.8. The number of hydrogen-bond acceptors (Lipinski definition) is 5. The average molecular weight is 487 g/mol. The van der Waals surface area contributed by atoms with E-state index < -0.39 is 10.0 Å². The Balaban J connectivity index is 1.39. The first-order valence-electron chi connectivity index (χ1n) is 11.2. The highest BCUT2D eigenvalue weighted by molar-refractivity contribution is 7.89. The maximum absolute atomic E-state index is 13.3. The minimum atomic E-state index is -3.84. The highest BCUT2D eigenvalue weighted by atomic mass is 32.2. The van der Waals surface area contributed by atoms with Crippen molar-refractivity contribution in [2.45, 2.75) is 11.4 Å². The van der Waals surface area contributed by atoms with Gasteiger partial charge in [0.1, 0.15) is 12.6 Å². The second-order valence-corrected chi connectivity index (χ2v) is 10.2. The Labute approximate surface area is 202 Å². The second-order valence-electron chi connectivity index (χ2n) is 8.34. The second kappa shape index (κ2) is 8.98. The van der Waals surface area contributed by atoms with Gasteiger partial charge in [0, 0.05) is 37.0 Å². The molecule has 0 bridgehead atoms. The number of nitriles is 1. The molecule has 1 saturated heterocycles. The molecular weight excluding hydrogens is 464 g/mol. The largest absolute Gasteiger partial charge is 0.339 e. The fourth-order valence-electron chi connectivity index (χ4n) is 4.58. The van der Waals surface area contributed by atoms with E-state index in [1.165, 1.54) is 16.4 Å². The molecule has 1 amide bonds. The van der Waals surface area contributed by atoms with E-state index in [1.807, 2.05) is 34.9 Å². The van der Waals surface area contributed by atoms with Gasteiger partial charge < -0.3 is 9.47 Å². The van der Waals surface area contributed by atoms with E-state index in [2.05, 4.69) is 0 Å². The van der Waals surface area contributed by atoms with Gasteiger partial charge in [0.2, 0.25) is 15.9 Å². The summed E-state index contributed by atoms with van der Waals surface area (Å²) < 4.78 is 29.4. The Morgan fingerprint density at radius 1 is 0.829 bits per heavy atom. The first-order chi connectivity index (χ1) is 16.9. The maximum Gasteiger partial charge on any atom is 0.244 e. The number of rotatable bonds is 4. The quantitative estimate of drug-likeness (QED) is 0.413. The lowest BCUT2D eigenvalue weighted by molar-refractivity contribution is -0.132. The van der Waals surface area contributed by atoms with E-state index >= 15 is 0 Å². The molecule has 1 fully saturated rings. The van der Waals surface area contributed by atoms with Crippen LogP contribution in [-0.4, -0.2) is 54.3 Å². The molecule has 4 aromatic rings. The van der Waals surface area contributed by atoms with Crippen LogP contribution < -0.4 is 5.43 Å². The molecule has 9 heteroatoms. The van der Waals surface area contributed by atoms with Crippen LogP contribution in [0.15, 0.2) is 82.5 Å². The average Bonchev–Trinajstić information content (AvgIpc) is 2.91. The van der Waals surface area contributed by atoms with Crippen LogP contribution >= 0.6 is 0 Å². The van der Waals surface area contributed by atoms with Gasteiger partial charge in [-0.25, -0.2) is 8.42 Å². The number of carbonyl (C=O) groups is 1. The number of nitrogens with zero attached hydrogens (tertiary/aromatic N) is 4. The number of sulfonamides is 1. The minimum Gasteiger partial charge on any atom is -0.339 e. The molecule has 1 aliphatic heterocycles. The van der Waals surface area contributed by atoms with E-state index in [0.29, 0.717) is 21.8 Å². The third kappa shape index (κ3) is 3.97. The summed E-state index contributed by atoms with van der Waals surface area (Å²) in [6, 6.07) is 22.5. The zero-order chi connectivity index (χ0) is 24.6. The summed E-state index contributed by atoms with van der Waals surface area (Å²) in [5, 5.41) is 10.4. The topological polar surface area (TPSA) is 103 Å². The highest BCUT2D eigenvalue weighted by Gasteiger charge is 2.31. The third-order valence-electron chi connectivity index (χ3n) is 6.39. The van der Waals surface area contributed by atoms with Crippen LogP contribution in [0.5, 0.6) is 0 Å². The zero-order valence-corrected chi connectivity index (χ0v) is 19.6. The Kier molecular flexibility index (Phi) is 5.84. The van der Waals surface area contributed by atoms with E-state index in [4.69, 9.17) is 0 Å². The van der Waals surface area contributed by atoms with Crippen molar-refractivity contribution in [3.8, 4) is 6.07 Å². The van der Waals surface area contributed by atoms with Crippen LogP contribution in [-0.2, 0) is 21.4 Å². The SMILES string of the molecule is N#Cc1ccccc1S(=O)(=O)N1CCN(C(=O)Cn2c3ccccc3c(=O)c3ccccc32)CC1. The number of para-hydroxylation sites is 2. The number of carbonyl (C=O) groups excluding carboxylic acids is 1. The lowest BCUT2D eigenvalue weighted by Gasteiger charge is -2.34. The number of benzene rings is 3. The van der Waals surface area contributed by atoms with Gasteiger partial charge in [-0.15, -0.1) is 0 Å². The van der Waals surface area contributed by atoms with Crippen LogP contribution in [0, 0.1) is 11.3 Å². The summed E-state index contributed by atoms with van der Waals surface area (Å²) in [5.74, 6) is -0.154. The van der Waals surface area contributed by atoms with Crippen molar-refractivity contribution in [1.82, 2.24) is 13.8 Å². The van der Waals surface area contributed by atoms with Crippen LogP contribution in [0.3, 0.4) is 0 Å². The molecule has 0 N–H and O–H groups in total. The Morgan fingerprint density at radius 3 is 1.97 bits per heavy atom. The number of pyridine rings is 1. The summed E-state index contributed by atoms with van der Waals surface area (Å²) in [5.41, 5.74) is 1.39. The van der Waals surface area contributed by atoms with Crippen molar-refractivity contribution in [1.29, 1.82) is 5.26 Å². The number of piperazine rings is 1. The van der Waals surface area contributed by atoms with Crippen molar-refractivity contribution in [3.63, 3.8) is 0 Å². The summed E-state index contributed by atoms with van der Waals surface area (Å²) in [7, 11) is -3.84. The smallest absolute Gasteiger partial charge is 0.244 e. The predicted octanol–water partition coefficient (Wildman–Crippen LogP) is 2.56. The molecule has 2 heterocycles. The zero-order valence-electron chi connectivity index (χ0n) is 18.8. The lowest BCUT2D eigenvalue weighted by atomic mass is 10.1. The first kappa shape index (κ1) is 22.8. The number of hydrogen-bond donors (Lipinski definition) is 0. The minimum absolute atomic E-state index is 0.0199. The molecule has 1 aromatic heterocycles. The Bertz CT molecular complexity index is 1600. The fraction of sp³-hybridized carbons (Fsp3) is 0.192. The molecule has 35 heavy (non-hydrogen) atoms. The number of aromatic nitrogens is 1. The fourth-order valence-corrected chi connectivity index (χ4v) is 6.15. The Morgan fingerprint density at radius 2 is 1.37 bits per heavy atom. The van der Waals surface area contributed by atoms with Crippen molar-refractivity contribution >= 4 is 37.7 Å². The van der Waals surface area contributed by atoms with Gasteiger partial charge in [-0.2, -0.15) is 9.57 Å². The van der Waals surface area contributed by atoms with E-state index in [0.717, 1.165) is 0 Å². The molecule has 5 rings (SSSR count). The molecule has 3 aromatic carbocycles. The molecule has 0 radical (unpaired) electrons. The van der Waals surface area contributed by atoms with E-state index in [-0.39, 0.29) is 54.5 Å². The van der Waals surface area contributed by atoms with Gasteiger partial charge >= 0.3 is 0 Å². The molecule has 8 nitrogen and oxygen atoms in total. The van der Waals surface area contributed by atoms with Gasteiger partial charge in [-0.05, 0) is 36.4 Å². The molecule has 0 atom stereocenters. The van der Waals surface area contributed by atoms with Gasteiger partial charge in [-0.1, -0.05) is 36.4 Å². The normalized spacial score (nSPS) is 14.8. The number of fused-ring (bicyclic) bond motifs is 2. The van der Waals surface area contributed by atoms with Crippen LogP contribution in [0.25, 0.3) is 21.8 Å². The van der Waals surface area contributed by atoms with Crippen LogP contribution in [0.2, 0.25) is 0 Å². The summed E-state index contributed by atoms with van der Waals surface area (Å²) >= 11 is 0.